The zero-order chi connectivity index (χ0) is 19.3. The molecule has 2 aliphatic heterocycles. The van der Waals surface area contributed by atoms with Crippen LogP contribution in [-0.2, 0) is 9.59 Å². The molecule has 0 saturated carbocycles. The molecule has 26 heavy (non-hydrogen) atoms. The monoisotopic (exact) mass is 368 g/mol. The maximum Gasteiger partial charge on any atom is 0.244 e. The first kappa shape index (κ1) is 18.6. The molecule has 2 heterocycles. The van der Waals surface area contributed by atoms with Crippen molar-refractivity contribution in [2.75, 3.05) is 26.2 Å². The van der Waals surface area contributed by atoms with Gasteiger partial charge in [-0.05, 0) is 0 Å². The number of rotatable bonds is 8. The summed E-state index contributed by atoms with van der Waals surface area (Å²) < 4.78 is 0. The highest BCUT2D eigenvalue weighted by Gasteiger charge is 2.46. The van der Waals surface area contributed by atoms with Crippen LogP contribution in [-0.4, -0.2) is 79.8 Å². The fourth-order valence-corrected chi connectivity index (χ4v) is 2.64. The van der Waals surface area contributed by atoms with E-state index in [9.17, 15) is 30.0 Å². The Morgan fingerprint density at radius 3 is 1.31 bits per heavy atom. The quantitative estimate of drug-likeness (QED) is 0.154. The van der Waals surface area contributed by atoms with E-state index in [2.05, 4.69) is 10.6 Å². The Hall–Kier alpha value is -2.14. The molecule has 6 N–H and O–H groups in total. The fourth-order valence-electron chi connectivity index (χ4n) is 2.64. The van der Waals surface area contributed by atoms with Gasteiger partial charge in [0.2, 0.25) is 23.4 Å². The molecule has 0 spiro atoms. The lowest BCUT2D eigenvalue weighted by atomic mass is 9.97. The predicted octanol–water partition coefficient (Wildman–Crippen LogP) is -2.53. The van der Waals surface area contributed by atoms with E-state index in [1.165, 1.54) is 13.8 Å². The summed E-state index contributed by atoms with van der Waals surface area (Å²) in [6, 6.07) is 0. The minimum atomic E-state index is -2.34. The maximum absolute atomic E-state index is 13.0. The largest absolute Gasteiger partial charge is 0.363 e. The van der Waals surface area contributed by atoms with Gasteiger partial charge in [0.05, 0.1) is 0 Å². The molecule has 0 atom stereocenters. The van der Waals surface area contributed by atoms with Crippen LogP contribution in [0.15, 0.2) is 22.8 Å². The molecule has 3 aliphatic rings. The Bertz CT molecular complexity index is 644. The second-order valence-electron chi connectivity index (χ2n) is 6.67. The molecule has 0 unspecified atom stereocenters. The third-order valence-corrected chi connectivity index (χ3v) is 4.52. The lowest BCUT2D eigenvalue weighted by Gasteiger charge is -2.32. The predicted molar refractivity (Wildman–Crippen MR) is 88.4 cm³/mol. The average Bonchev–Trinajstić information content (AvgIpc) is 3.44. The van der Waals surface area contributed by atoms with Crippen LogP contribution in [0.1, 0.15) is 26.7 Å². The molecule has 2 saturated heterocycles. The van der Waals surface area contributed by atoms with Crippen LogP contribution >= 0.6 is 0 Å². The van der Waals surface area contributed by atoms with Crippen molar-refractivity contribution in [2.24, 2.45) is 0 Å². The van der Waals surface area contributed by atoms with E-state index >= 15 is 0 Å². The van der Waals surface area contributed by atoms with E-state index in [0.29, 0.717) is 26.2 Å². The maximum atomic E-state index is 13.0. The molecule has 0 aromatic rings. The molecule has 1 aliphatic carbocycles. The zero-order valence-electron chi connectivity index (χ0n) is 14.7. The van der Waals surface area contributed by atoms with Gasteiger partial charge in [-0.1, -0.05) is 13.8 Å². The lowest BCUT2D eigenvalue weighted by Crippen LogP contribution is -2.52. The number of hydrogen-bond donors (Lipinski definition) is 6. The molecular formula is C16H24N4O6. The number of ketones is 2. The van der Waals surface area contributed by atoms with Crippen molar-refractivity contribution in [3.63, 3.8) is 0 Å². The van der Waals surface area contributed by atoms with Crippen molar-refractivity contribution in [1.29, 1.82) is 0 Å². The molecule has 0 aromatic heterocycles. The minimum Gasteiger partial charge on any atom is -0.363 e. The van der Waals surface area contributed by atoms with Crippen molar-refractivity contribution in [2.45, 2.75) is 38.5 Å². The number of nitrogens with zero attached hydrogens (tertiary/aromatic N) is 2. The average molecular weight is 368 g/mol. The number of carbonyl (C=O) groups is 2. The lowest BCUT2D eigenvalue weighted by molar-refractivity contribution is -0.183. The molecule has 0 amide bonds. The van der Waals surface area contributed by atoms with Crippen LogP contribution in [0.25, 0.3) is 0 Å². The Balaban J connectivity index is 2.05. The topological polar surface area (TPSA) is 145 Å². The van der Waals surface area contributed by atoms with Gasteiger partial charge < -0.3 is 40.9 Å². The summed E-state index contributed by atoms with van der Waals surface area (Å²) >= 11 is 0. The van der Waals surface area contributed by atoms with Gasteiger partial charge in [0.25, 0.3) is 0 Å². The Labute approximate surface area is 150 Å². The minimum absolute atomic E-state index is 0.00377. The molecule has 10 nitrogen and oxygen atoms in total. The molecule has 144 valence electrons. The Morgan fingerprint density at radius 2 is 1.08 bits per heavy atom. The normalized spacial score (nSPS) is 20.8. The summed E-state index contributed by atoms with van der Waals surface area (Å²) in [5, 5.41) is 44.5. The number of aliphatic hydroxyl groups is 4. The summed E-state index contributed by atoms with van der Waals surface area (Å²) in [6.07, 6.45) is -0.212. The van der Waals surface area contributed by atoms with Crippen molar-refractivity contribution in [3.05, 3.63) is 22.8 Å². The first-order chi connectivity index (χ1) is 12.1. The molecule has 10 heteroatoms. The number of carbonyl (C=O) groups excluding carboxylic acids is 2. The molecule has 0 radical (unpaired) electrons. The third kappa shape index (κ3) is 3.54. The SMILES string of the molecule is CCC(O)(O)NC1=C(N2CC2)C(=O)C(NC(O)(O)CC)=C(N2CC2)C1=O. The molecule has 3 rings (SSSR count). The van der Waals surface area contributed by atoms with Gasteiger partial charge in [-0.3, -0.25) is 9.59 Å². The number of hydrogen-bond acceptors (Lipinski definition) is 10. The zero-order valence-corrected chi connectivity index (χ0v) is 14.7. The van der Waals surface area contributed by atoms with Crippen LogP contribution in [0.5, 0.6) is 0 Å². The highest BCUT2D eigenvalue weighted by atomic mass is 16.5. The Morgan fingerprint density at radius 1 is 0.769 bits per heavy atom. The van der Waals surface area contributed by atoms with Gasteiger partial charge in [0.15, 0.2) is 0 Å². The summed E-state index contributed by atoms with van der Waals surface area (Å²) in [5.41, 5.74) is -0.388. The first-order valence-electron chi connectivity index (χ1n) is 8.64. The van der Waals surface area contributed by atoms with Crippen LogP contribution in [0.2, 0.25) is 0 Å². The van der Waals surface area contributed by atoms with E-state index in [4.69, 9.17) is 0 Å². The van der Waals surface area contributed by atoms with E-state index in [1.807, 2.05) is 0 Å². The van der Waals surface area contributed by atoms with E-state index in [-0.39, 0.29) is 35.6 Å². The molecular weight excluding hydrogens is 344 g/mol. The highest BCUT2D eigenvalue weighted by molar-refractivity contribution is 6.24. The van der Waals surface area contributed by atoms with Gasteiger partial charge in [-0.2, -0.15) is 0 Å². The highest BCUT2D eigenvalue weighted by Crippen LogP contribution is 2.33. The van der Waals surface area contributed by atoms with Crippen molar-refractivity contribution in [3.8, 4) is 0 Å². The summed E-state index contributed by atoms with van der Waals surface area (Å²) in [7, 11) is 0. The van der Waals surface area contributed by atoms with Crippen molar-refractivity contribution in [1.82, 2.24) is 20.4 Å². The molecule has 0 aromatic carbocycles. The van der Waals surface area contributed by atoms with Gasteiger partial charge in [-0.15, -0.1) is 0 Å². The van der Waals surface area contributed by atoms with Crippen LogP contribution in [0.4, 0.5) is 0 Å². The van der Waals surface area contributed by atoms with Crippen LogP contribution < -0.4 is 10.6 Å². The second-order valence-corrected chi connectivity index (χ2v) is 6.67. The van der Waals surface area contributed by atoms with E-state index in [1.54, 1.807) is 9.80 Å². The van der Waals surface area contributed by atoms with Crippen molar-refractivity contribution >= 4 is 11.6 Å². The smallest absolute Gasteiger partial charge is 0.244 e. The van der Waals surface area contributed by atoms with Gasteiger partial charge in [0, 0.05) is 39.0 Å². The number of Topliss-reactive ketones (excluding diaryl/α,β-unsaturated/α-hetero) is 2. The first-order valence-corrected chi connectivity index (χ1v) is 8.64. The molecule has 0 bridgehead atoms. The van der Waals surface area contributed by atoms with Gasteiger partial charge in [0.1, 0.15) is 22.8 Å². The fraction of sp³-hybridized carbons (Fsp3) is 0.625. The van der Waals surface area contributed by atoms with Crippen molar-refractivity contribution < 1.29 is 30.0 Å². The summed E-state index contributed by atoms with van der Waals surface area (Å²) in [6.45, 7) is 5.19. The summed E-state index contributed by atoms with van der Waals surface area (Å²) in [4.78, 5) is 29.3. The van der Waals surface area contributed by atoms with E-state index < -0.39 is 23.4 Å². The summed E-state index contributed by atoms with van der Waals surface area (Å²) in [5.74, 6) is -5.88. The van der Waals surface area contributed by atoms with Crippen LogP contribution in [0.3, 0.4) is 0 Å². The second kappa shape index (κ2) is 6.23. The van der Waals surface area contributed by atoms with Gasteiger partial charge >= 0.3 is 0 Å². The third-order valence-electron chi connectivity index (χ3n) is 4.52. The van der Waals surface area contributed by atoms with Crippen LogP contribution in [0, 0.1) is 0 Å². The number of nitrogens with one attached hydrogen (secondary N) is 2. The standard InChI is InChI=1S/C16H24N4O6/c1-3-15(23,24)17-9-11(19-5-6-19)14(22)10(18-16(25,26)4-2)12(13(9)21)20-7-8-20/h17-18,23-26H,3-8H2,1-2H3. The van der Waals surface area contributed by atoms with Gasteiger partial charge in [-0.25, -0.2) is 0 Å². The Kier molecular flexibility index (Phi) is 4.47. The molecule has 2 fully saturated rings. The van der Waals surface area contributed by atoms with E-state index in [0.717, 1.165) is 0 Å².